The third-order valence-corrected chi connectivity index (χ3v) is 3.83. The molecule has 2 atom stereocenters. The Kier molecular flexibility index (Phi) is 5.17. The van der Waals surface area contributed by atoms with Crippen molar-refractivity contribution in [2.45, 2.75) is 19.1 Å². The van der Waals surface area contributed by atoms with Gasteiger partial charge in [-0.05, 0) is 24.6 Å². The van der Waals surface area contributed by atoms with Crippen molar-refractivity contribution in [1.82, 2.24) is 4.90 Å². The average molecular weight is 293 g/mol. The first-order valence-electron chi connectivity index (χ1n) is 6.97. The third-order valence-electron chi connectivity index (χ3n) is 3.83. The number of anilines is 2. The topological polar surface area (TPSA) is 76.8 Å². The lowest BCUT2D eigenvalue weighted by Crippen LogP contribution is -2.32. The Morgan fingerprint density at radius 3 is 2.48 bits per heavy atom. The molecule has 1 aromatic rings. The molecule has 1 aromatic carbocycles. The monoisotopic (exact) mass is 293 g/mol. The van der Waals surface area contributed by atoms with E-state index in [1.165, 1.54) is 0 Å². The van der Waals surface area contributed by atoms with Gasteiger partial charge in [0.2, 0.25) is 5.91 Å². The molecule has 0 aromatic heterocycles. The summed E-state index contributed by atoms with van der Waals surface area (Å²) in [5, 5.41) is 2.86. The average Bonchev–Trinajstić information content (AvgIpc) is 2.84. The first-order valence-corrected chi connectivity index (χ1v) is 6.97. The molecule has 1 heterocycles. The Labute approximate surface area is 125 Å². The molecule has 1 fully saturated rings. The zero-order valence-corrected chi connectivity index (χ0v) is 12.8. The maximum Gasteiger partial charge on any atom is 0.238 e. The lowest BCUT2D eigenvalue weighted by atomic mass is 10.2. The SMILES string of the molecule is COC1CN(CC(=O)Nc2ccc(C)c(N)c2)CC1OC. The van der Waals surface area contributed by atoms with Gasteiger partial charge in [0.05, 0.1) is 18.8 Å². The fourth-order valence-electron chi connectivity index (χ4n) is 2.52. The van der Waals surface area contributed by atoms with E-state index in [2.05, 4.69) is 5.32 Å². The summed E-state index contributed by atoms with van der Waals surface area (Å²) in [7, 11) is 3.32. The van der Waals surface area contributed by atoms with Crippen LogP contribution in [0.5, 0.6) is 0 Å². The minimum absolute atomic E-state index is 0.0119. The van der Waals surface area contributed by atoms with Crippen LogP contribution in [0.1, 0.15) is 5.56 Å². The van der Waals surface area contributed by atoms with Crippen molar-refractivity contribution in [3.05, 3.63) is 23.8 Å². The number of nitrogens with one attached hydrogen (secondary N) is 1. The number of carbonyl (C=O) groups is 1. The second kappa shape index (κ2) is 6.89. The van der Waals surface area contributed by atoms with Crippen molar-refractivity contribution < 1.29 is 14.3 Å². The van der Waals surface area contributed by atoms with Crippen LogP contribution in [0.3, 0.4) is 0 Å². The van der Waals surface area contributed by atoms with Crippen LogP contribution in [-0.4, -0.2) is 56.9 Å². The summed E-state index contributed by atoms with van der Waals surface area (Å²) in [6, 6.07) is 5.51. The molecule has 0 aliphatic carbocycles. The van der Waals surface area contributed by atoms with Crippen molar-refractivity contribution in [2.24, 2.45) is 0 Å². The number of hydrogen-bond donors (Lipinski definition) is 2. The molecule has 1 amide bonds. The number of hydrogen-bond acceptors (Lipinski definition) is 5. The summed E-state index contributed by atoms with van der Waals surface area (Å²) in [6.07, 6.45) is 0.0237. The molecule has 2 rings (SSSR count). The number of nitrogens with zero attached hydrogens (tertiary/aromatic N) is 1. The Morgan fingerprint density at radius 2 is 1.95 bits per heavy atom. The summed E-state index contributed by atoms with van der Waals surface area (Å²) in [4.78, 5) is 14.1. The van der Waals surface area contributed by atoms with Crippen molar-refractivity contribution in [2.75, 3.05) is 44.9 Å². The Hall–Kier alpha value is -1.63. The fraction of sp³-hybridized carbons (Fsp3) is 0.533. The third kappa shape index (κ3) is 3.93. The summed E-state index contributed by atoms with van der Waals surface area (Å²) in [5.74, 6) is -0.0649. The van der Waals surface area contributed by atoms with E-state index in [4.69, 9.17) is 15.2 Å². The molecule has 1 saturated heterocycles. The maximum atomic E-state index is 12.1. The largest absolute Gasteiger partial charge is 0.398 e. The Morgan fingerprint density at radius 1 is 1.33 bits per heavy atom. The van der Waals surface area contributed by atoms with Crippen LogP contribution in [0.15, 0.2) is 18.2 Å². The highest BCUT2D eigenvalue weighted by atomic mass is 16.5. The van der Waals surface area contributed by atoms with Gasteiger partial charge < -0.3 is 20.5 Å². The Balaban J connectivity index is 1.89. The first-order chi connectivity index (χ1) is 10.0. The van der Waals surface area contributed by atoms with Crippen LogP contribution in [0.25, 0.3) is 0 Å². The van der Waals surface area contributed by atoms with Crippen LogP contribution in [0.4, 0.5) is 11.4 Å². The predicted molar refractivity (Wildman–Crippen MR) is 82.3 cm³/mol. The quantitative estimate of drug-likeness (QED) is 0.788. The lowest BCUT2D eigenvalue weighted by Gasteiger charge is -2.15. The van der Waals surface area contributed by atoms with Gasteiger partial charge in [-0.1, -0.05) is 6.07 Å². The number of aryl methyl sites for hydroxylation is 1. The molecule has 1 aliphatic rings. The van der Waals surface area contributed by atoms with Gasteiger partial charge in [-0.25, -0.2) is 0 Å². The molecule has 0 radical (unpaired) electrons. The summed E-state index contributed by atoms with van der Waals surface area (Å²) >= 11 is 0. The molecule has 0 saturated carbocycles. The van der Waals surface area contributed by atoms with Gasteiger partial charge in [0.1, 0.15) is 0 Å². The van der Waals surface area contributed by atoms with Crippen molar-refractivity contribution in [3.8, 4) is 0 Å². The Bertz CT molecular complexity index is 495. The van der Waals surface area contributed by atoms with E-state index in [1.807, 2.05) is 24.0 Å². The highest BCUT2D eigenvalue weighted by Gasteiger charge is 2.33. The summed E-state index contributed by atoms with van der Waals surface area (Å²) in [5.41, 5.74) is 8.23. The number of rotatable bonds is 5. The fourth-order valence-corrected chi connectivity index (χ4v) is 2.52. The number of methoxy groups -OCH3 is 2. The van der Waals surface area contributed by atoms with E-state index in [0.29, 0.717) is 31.0 Å². The van der Waals surface area contributed by atoms with Gasteiger partial charge in [0.25, 0.3) is 0 Å². The summed E-state index contributed by atoms with van der Waals surface area (Å²) < 4.78 is 10.7. The van der Waals surface area contributed by atoms with E-state index >= 15 is 0 Å². The highest BCUT2D eigenvalue weighted by molar-refractivity contribution is 5.92. The second-order valence-electron chi connectivity index (χ2n) is 5.36. The summed E-state index contributed by atoms with van der Waals surface area (Å²) in [6.45, 7) is 3.63. The molecule has 0 spiro atoms. The highest BCUT2D eigenvalue weighted by Crippen LogP contribution is 2.18. The predicted octanol–water partition coefficient (Wildman–Crippen LogP) is 0.861. The number of nitrogen functional groups attached to an aromatic ring is 1. The van der Waals surface area contributed by atoms with Crippen LogP contribution < -0.4 is 11.1 Å². The van der Waals surface area contributed by atoms with Crippen LogP contribution >= 0.6 is 0 Å². The molecule has 6 heteroatoms. The minimum atomic E-state index is -0.0649. The molecule has 6 nitrogen and oxygen atoms in total. The molecule has 1 aliphatic heterocycles. The van der Waals surface area contributed by atoms with Gasteiger partial charge >= 0.3 is 0 Å². The smallest absolute Gasteiger partial charge is 0.238 e. The van der Waals surface area contributed by atoms with E-state index < -0.39 is 0 Å². The zero-order chi connectivity index (χ0) is 15.4. The molecule has 3 N–H and O–H groups in total. The standard InChI is InChI=1S/C15H23N3O3/c1-10-4-5-11(6-12(10)16)17-15(19)9-18-7-13(20-2)14(8-18)21-3/h4-6,13-14H,7-9,16H2,1-3H3,(H,17,19). The molecule has 2 unspecified atom stereocenters. The van der Waals surface area contributed by atoms with Gasteiger partial charge in [0.15, 0.2) is 0 Å². The molecular weight excluding hydrogens is 270 g/mol. The minimum Gasteiger partial charge on any atom is -0.398 e. The number of carbonyl (C=O) groups excluding carboxylic acids is 1. The number of nitrogens with two attached hydrogens (primary N) is 1. The van der Waals surface area contributed by atoms with Crippen LogP contribution in [0.2, 0.25) is 0 Å². The van der Waals surface area contributed by atoms with E-state index in [0.717, 1.165) is 5.56 Å². The maximum absolute atomic E-state index is 12.1. The van der Waals surface area contributed by atoms with Gasteiger partial charge in [-0.2, -0.15) is 0 Å². The number of likely N-dealkylation sites (tertiary alicyclic amines) is 1. The molecule has 21 heavy (non-hydrogen) atoms. The van der Waals surface area contributed by atoms with Crippen molar-refractivity contribution >= 4 is 17.3 Å². The number of ether oxygens (including phenoxy) is 2. The van der Waals surface area contributed by atoms with Crippen molar-refractivity contribution in [1.29, 1.82) is 0 Å². The number of amides is 1. The molecule has 116 valence electrons. The number of benzene rings is 1. The zero-order valence-electron chi connectivity index (χ0n) is 12.8. The van der Waals surface area contributed by atoms with E-state index in [1.54, 1.807) is 20.3 Å². The normalized spacial score (nSPS) is 22.4. The first kappa shape index (κ1) is 15.8. The van der Waals surface area contributed by atoms with Gasteiger partial charge in [-0.15, -0.1) is 0 Å². The van der Waals surface area contributed by atoms with E-state index in [9.17, 15) is 4.79 Å². The van der Waals surface area contributed by atoms with Crippen LogP contribution in [0, 0.1) is 6.92 Å². The molecule has 0 bridgehead atoms. The molecular formula is C15H23N3O3. The van der Waals surface area contributed by atoms with E-state index in [-0.39, 0.29) is 18.1 Å². The van der Waals surface area contributed by atoms with Gasteiger partial charge in [-0.3, -0.25) is 9.69 Å². The lowest BCUT2D eigenvalue weighted by molar-refractivity contribution is -0.117. The van der Waals surface area contributed by atoms with Crippen LogP contribution in [-0.2, 0) is 14.3 Å². The van der Waals surface area contributed by atoms with Crippen molar-refractivity contribution in [3.63, 3.8) is 0 Å². The second-order valence-corrected chi connectivity index (χ2v) is 5.36. The van der Waals surface area contributed by atoms with Gasteiger partial charge in [0, 0.05) is 38.7 Å².